The summed E-state index contributed by atoms with van der Waals surface area (Å²) in [4.78, 5) is 12.6. The molecule has 1 heterocycles. The Morgan fingerprint density at radius 2 is 1.81 bits per heavy atom. The summed E-state index contributed by atoms with van der Waals surface area (Å²) < 4.78 is 21.7. The number of halogens is 2. The molecule has 0 radical (unpaired) electrons. The third-order valence-corrected chi connectivity index (χ3v) is 5.81. The van der Waals surface area contributed by atoms with Crippen molar-refractivity contribution in [2.24, 2.45) is 0 Å². The molecule has 1 aromatic heterocycles. The van der Waals surface area contributed by atoms with E-state index in [1.807, 2.05) is 12.1 Å². The van der Waals surface area contributed by atoms with Crippen LogP contribution in [0.2, 0.25) is 0 Å². The van der Waals surface area contributed by atoms with Crippen molar-refractivity contribution in [3.8, 4) is 11.5 Å². The Morgan fingerprint density at radius 1 is 1.03 bits per heavy atom. The zero-order valence-electron chi connectivity index (χ0n) is 18.0. The molecule has 0 unspecified atom stereocenters. The molecule has 0 bridgehead atoms. The summed E-state index contributed by atoms with van der Waals surface area (Å²) >= 11 is 5.89. The second-order valence-electron chi connectivity index (χ2n) is 7.68. The number of ether oxygens (including phenoxy) is 1. The maximum absolute atomic E-state index is 13.4. The Bertz CT molecular complexity index is 1280. The van der Waals surface area contributed by atoms with E-state index in [-0.39, 0.29) is 5.91 Å². The van der Waals surface area contributed by atoms with Crippen molar-refractivity contribution in [2.75, 3.05) is 11.2 Å². The first-order valence-electron chi connectivity index (χ1n) is 10.5. The quantitative estimate of drug-likeness (QED) is 0.306. The van der Waals surface area contributed by atoms with E-state index in [2.05, 4.69) is 29.8 Å². The molecule has 0 aliphatic heterocycles. The fraction of sp³-hybridized carbons (Fsp3) is 0.192. The van der Waals surface area contributed by atoms with E-state index in [9.17, 15) is 9.18 Å². The number of alkyl halides is 1. The number of aromatic nitrogens is 1. The molecule has 6 heteroatoms. The summed E-state index contributed by atoms with van der Waals surface area (Å²) in [7, 11) is 0. The number of benzene rings is 3. The average Bonchev–Trinajstić information content (AvgIpc) is 3.02. The summed E-state index contributed by atoms with van der Waals surface area (Å²) in [5.74, 6) is 1.13. The smallest absolute Gasteiger partial charge is 0.255 e. The van der Waals surface area contributed by atoms with Gasteiger partial charge in [-0.2, -0.15) is 0 Å². The largest absolute Gasteiger partial charge is 0.457 e. The zero-order valence-corrected chi connectivity index (χ0v) is 18.7. The van der Waals surface area contributed by atoms with Gasteiger partial charge in [0, 0.05) is 40.3 Å². The molecule has 4 rings (SSSR count). The van der Waals surface area contributed by atoms with E-state index in [1.54, 1.807) is 36.4 Å². The normalized spacial score (nSPS) is 11.0. The molecule has 0 saturated carbocycles. The summed E-state index contributed by atoms with van der Waals surface area (Å²) in [6.07, 6.45) is 0.911. The van der Waals surface area contributed by atoms with Crippen LogP contribution in [0.25, 0.3) is 10.9 Å². The van der Waals surface area contributed by atoms with Gasteiger partial charge in [-0.15, -0.1) is 11.6 Å². The minimum absolute atomic E-state index is 0.334. The number of nitrogens with one attached hydrogen (secondary N) is 1. The lowest BCUT2D eigenvalue weighted by Crippen LogP contribution is -2.11. The van der Waals surface area contributed by atoms with Crippen molar-refractivity contribution in [3.63, 3.8) is 0 Å². The van der Waals surface area contributed by atoms with Crippen LogP contribution in [0.5, 0.6) is 11.5 Å². The molecule has 164 valence electrons. The number of aryl methyl sites for hydroxylation is 2. The summed E-state index contributed by atoms with van der Waals surface area (Å²) in [5, 5.41) is 3.83. The number of hydrogen-bond acceptors (Lipinski definition) is 2. The number of nitrogens with zero attached hydrogens (tertiary/aromatic N) is 1. The highest BCUT2D eigenvalue weighted by atomic mass is 35.5. The van der Waals surface area contributed by atoms with E-state index in [0.717, 1.165) is 23.9 Å². The first-order chi connectivity index (χ1) is 15.5. The van der Waals surface area contributed by atoms with Crippen LogP contribution in [-0.2, 0) is 6.54 Å². The number of fused-ring (bicyclic) bond motifs is 1. The first kappa shape index (κ1) is 21.9. The Labute approximate surface area is 191 Å². The molecule has 4 nitrogen and oxygen atoms in total. The molecule has 1 amide bonds. The van der Waals surface area contributed by atoms with Gasteiger partial charge in [0.1, 0.15) is 17.3 Å². The van der Waals surface area contributed by atoms with Crippen LogP contribution in [-0.4, -0.2) is 16.4 Å². The van der Waals surface area contributed by atoms with E-state index in [4.69, 9.17) is 16.3 Å². The van der Waals surface area contributed by atoms with E-state index in [0.29, 0.717) is 28.6 Å². The minimum atomic E-state index is -0.405. The third-order valence-electron chi connectivity index (χ3n) is 5.54. The fourth-order valence-electron chi connectivity index (χ4n) is 3.80. The Hall–Kier alpha value is -3.31. The molecule has 3 aromatic carbocycles. The van der Waals surface area contributed by atoms with Gasteiger partial charge in [-0.3, -0.25) is 4.79 Å². The van der Waals surface area contributed by atoms with Crippen molar-refractivity contribution in [1.29, 1.82) is 0 Å². The second-order valence-corrected chi connectivity index (χ2v) is 8.06. The number of rotatable bonds is 7. The SMILES string of the molecule is Cc1c(C)n(CCCCl)c2ccc(Oc3cccc(C(=O)Nc4cccc(F)c4)c3)cc12. The molecule has 1 N–H and O–H groups in total. The Morgan fingerprint density at radius 3 is 2.59 bits per heavy atom. The maximum atomic E-state index is 13.4. The van der Waals surface area contributed by atoms with E-state index < -0.39 is 5.82 Å². The second kappa shape index (κ2) is 9.45. The van der Waals surface area contributed by atoms with Gasteiger partial charge in [0.15, 0.2) is 0 Å². The lowest BCUT2D eigenvalue weighted by molar-refractivity contribution is 0.102. The van der Waals surface area contributed by atoms with Gasteiger partial charge in [0.25, 0.3) is 5.91 Å². The molecule has 32 heavy (non-hydrogen) atoms. The van der Waals surface area contributed by atoms with Crippen LogP contribution in [0.15, 0.2) is 66.7 Å². The maximum Gasteiger partial charge on any atom is 0.255 e. The monoisotopic (exact) mass is 450 g/mol. The molecule has 0 spiro atoms. The Balaban J connectivity index is 1.55. The van der Waals surface area contributed by atoms with E-state index >= 15 is 0 Å². The molecular formula is C26H24ClFN2O2. The topological polar surface area (TPSA) is 43.3 Å². The predicted molar refractivity (Wildman–Crippen MR) is 128 cm³/mol. The van der Waals surface area contributed by atoms with Gasteiger partial charge in [-0.05, 0) is 80.4 Å². The highest BCUT2D eigenvalue weighted by molar-refractivity contribution is 6.17. The fourth-order valence-corrected chi connectivity index (χ4v) is 3.92. The standard InChI is InChI=1S/C26H24ClFN2O2/c1-17-18(2)30(13-5-12-27)25-11-10-23(16-24(17)25)32-22-9-3-6-19(14-22)26(31)29-21-8-4-7-20(28)15-21/h3-4,6-11,14-16H,5,12-13H2,1-2H3,(H,29,31). The number of hydrogen-bond donors (Lipinski definition) is 1. The summed E-state index contributed by atoms with van der Waals surface area (Å²) in [5.41, 5.74) is 4.41. The zero-order chi connectivity index (χ0) is 22.7. The van der Waals surface area contributed by atoms with Crippen LogP contribution in [0.1, 0.15) is 28.0 Å². The van der Waals surface area contributed by atoms with Crippen molar-refractivity contribution in [3.05, 3.63) is 89.4 Å². The average molecular weight is 451 g/mol. The molecule has 0 atom stereocenters. The molecule has 0 saturated heterocycles. The third kappa shape index (κ3) is 4.63. The lowest BCUT2D eigenvalue weighted by atomic mass is 10.1. The van der Waals surface area contributed by atoms with Gasteiger partial charge < -0.3 is 14.6 Å². The van der Waals surface area contributed by atoms with Crippen LogP contribution in [0.3, 0.4) is 0 Å². The molecular weight excluding hydrogens is 427 g/mol. The minimum Gasteiger partial charge on any atom is -0.457 e. The Kier molecular flexibility index (Phi) is 6.47. The molecule has 4 aromatic rings. The van der Waals surface area contributed by atoms with Crippen molar-refractivity contribution >= 4 is 34.1 Å². The number of carbonyl (C=O) groups excluding carboxylic acids is 1. The van der Waals surface area contributed by atoms with Gasteiger partial charge >= 0.3 is 0 Å². The van der Waals surface area contributed by atoms with Crippen molar-refractivity contribution < 1.29 is 13.9 Å². The summed E-state index contributed by atoms with van der Waals surface area (Å²) in [6, 6.07) is 18.7. The van der Waals surface area contributed by atoms with Gasteiger partial charge in [0.05, 0.1) is 0 Å². The highest BCUT2D eigenvalue weighted by Crippen LogP contribution is 2.31. The molecule has 0 aliphatic carbocycles. The highest BCUT2D eigenvalue weighted by Gasteiger charge is 2.13. The van der Waals surface area contributed by atoms with Gasteiger partial charge in [-0.1, -0.05) is 12.1 Å². The van der Waals surface area contributed by atoms with Crippen LogP contribution in [0.4, 0.5) is 10.1 Å². The van der Waals surface area contributed by atoms with Gasteiger partial charge in [-0.25, -0.2) is 4.39 Å². The lowest BCUT2D eigenvalue weighted by Gasteiger charge is -2.10. The number of amides is 1. The van der Waals surface area contributed by atoms with Crippen LogP contribution in [0, 0.1) is 19.7 Å². The van der Waals surface area contributed by atoms with Crippen LogP contribution < -0.4 is 10.1 Å². The van der Waals surface area contributed by atoms with Crippen LogP contribution >= 0.6 is 11.6 Å². The molecule has 0 fully saturated rings. The summed E-state index contributed by atoms with van der Waals surface area (Å²) in [6.45, 7) is 5.10. The van der Waals surface area contributed by atoms with Crippen molar-refractivity contribution in [1.82, 2.24) is 4.57 Å². The van der Waals surface area contributed by atoms with E-state index in [1.165, 1.54) is 23.4 Å². The predicted octanol–water partition coefficient (Wildman–Crippen LogP) is 7.07. The first-order valence-corrected chi connectivity index (χ1v) is 11.0. The van der Waals surface area contributed by atoms with Crippen molar-refractivity contribution in [2.45, 2.75) is 26.8 Å². The molecule has 0 aliphatic rings. The van der Waals surface area contributed by atoms with Gasteiger partial charge in [0.2, 0.25) is 0 Å². The number of anilines is 1. The number of carbonyl (C=O) groups is 1.